The van der Waals surface area contributed by atoms with Gasteiger partial charge in [0.25, 0.3) is 5.91 Å². The molecule has 160 valence electrons. The van der Waals surface area contributed by atoms with Gasteiger partial charge in [-0.1, -0.05) is 6.92 Å². The summed E-state index contributed by atoms with van der Waals surface area (Å²) >= 11 is 0. The van der Waals surface area contributed by atoms with Crippen LogP contribution in [0.4, 0.5) is 30.6 Å². The van der Waals surface area contributed by atoms with E-state index in [1.807, 2.05) is 13.0 Å². The number of halogens is 2. The van der Waals surface area contributed by atoms with Crippen LogP contribution in [-0.4, -0.2) is 31.6 Å². The zero-order valence-corrected chi connectivity index (χ0v) is 16.9. The molecule has 1 heterocycles. The first kappa shape index (κ1) is 21.5. The first-order valence-corrected chi connectivity index (χ1v) is 10.2. The van der Waals surface area contributed by atoms with E-state index in [1.165, 1.54) is 6.42 Å². The van der Waals surface area contributed by atoms with Gasteiger partial charge in [0.05, 0.1) is 11.3 Å². The monoisotopic (exact) mass is 416 g/mol. The van der Waals surface area contributed by atoms with Crippen molar-refractivity contribution < 1.29 is 18.4 Å². The van der Waals surface area contributed by atoms with Gasteiger partial charge < -0.3 is 20.9 Å². The molecule has 6 nitrogen and oxygen atoms in total. The second kappa shape index (κ2) is 10.0. The smallest absolute Gasteiger partial charge is 0.323 e. The van der Waals surface area contributed by atoms with Gasteiger partial charge in [-0.3, -0.25) is 4.79 Å². The fraction of sp³-hybridized carbons (Fsp3) is 0.364. The number of hydrogen-bond acceptors (Lipinski definition) is 3. The minimum absolute atomic E-state index is 0.139. The zero-order chi connectivity index (χ0) is 21.5. The highest BCUT2D eigenvalue weighted by Gasteiger charge is 2.19. The van der Waals surface area contributed by atoms with Gasteiger partial charge in [0.1, 0.15) is 11.6 Å². The summed E-state index contributed by atoms with van der Waals surface area (Å²) in [7, 11) is 0. The molecule has 0 spiro atoms. The van der Waals surface area contributed by atoms with Crippen LogP contribution >= 0.6 is 0 Å². The number of carbonyl (C=O) groups is 2. The van der Waals surface area contributed by atoms with Crippen LogP contribution in [0.2, 0.25) is 0 Å². The molecule has 1 aliphatic heterocycles. The van der Waals surface area contributed by atoms with Gasteiger partial charge in [-0.2, -0.15) is 0 Å². The normalized spacial score (nSPS) is 13.6. The summed E-state index contributed by atoms with van der Waals surface area (Å²) in [6.45, 7) is 4.29. The van der Waals surface area contributed by atoms with Crippen LogP contribution in [0.5, 0.6) is 0 Å². The Hall–Kier alpha value is -3.16. The Morgan fingerprint density at radius 2 is 1.77 bits per heavy atom. The Balaban J connectivity index is 1.78. The Morgan fingerprint density at radius 1 is 1.00 bits per heavy atom. The summed E-state index contributed by atoms with van der Waals surface area (Å²) in [5.74, 6) is -1.80. The molecule has 1 aliphatic rings. The lowest BCUT2D eigenvalue weighted by Gasteiger charge is -2.30. The molecule has 2 aromatic rings. The van der Waals surface area contributed by atoms with E-state index in [0.29, 0.717) is 23.9 Å². The molecule has 1 fully saturated rings. The summed E-state index contributed by atoms with van der Waals surface area (Å²) in [6.07, 6.45) is 4.13. The first-order chi connectivity index (χ1) is 14.5. The molecule has 0 bridgehead atoms. The molecule has 0 atom stereocenters. The third-order valence-corrected chi connectivity index (χ3v) is 4.91. The predicted octanol–water partition coefficient (Wildman–Crippen LogP) is 4.74. The van der Waals surface area contributed by atoms with E-state index in [0.717, 1.165) is 50.2 Å². The van der Waals surface area contributed by atoms with E-state index in [2.05, 4.69) is 20.9 Å². The van der Waals surface area contributed by atoms with Gasteiger partial charge in [0, 0.05) is 37.1 Å². The standard InChI is InChI=1S/C22H26F2N4O2/c1-2-10-25-21(29)17-14-16(7-9-20(17)28-11-4-3-5-12-28)26-22(30)27-19-8-6-15(23)13-18(19)24/h6-9,13-14H,2-5,10-12H2,1H3,(H,25,29)(H2,26,27,30). The summed E-state index contributed by atoms with van der Waals surface area (Å²) in [4.78, 5) is 27.2. The van der Waals surface area contributed by atoms with Crippen molar-refractivity contribution in [3.63, 3.8) is 0 Å². The molecule has 1 saturated heterocycles. The topological polar surface area (TPSA) is 73.5 Å². The summed E-state index contributed by atoms with van der Waals surface area (Å²) in [5.41, 5.74) is 1.58. The van der Waals surface area contributed by atoms with Gasteiger partial charge >= 0.3 is 6.03 Å². The maximum Gasteiger partial charge on any atom is 0.323 e. The molecule has 0 saturated carbocycles. The quantitative estimate of drug-likeness (QED) is 0.637. The molecule has 3 amide bonds. The summed E-state index contributed by atoms with van der Waals surface area (Å²) in [6, 6.07) is 7.36. The number of urea groups is 1. The SMILES string of the molecule is CCCNC(=O)c1cc(NC(=O)Nc2ccc(F)cc2F)ccc1N1CCCCC1. The number of nitrogens with zero attached hydrogens (tertiary/aromatic N) is 1. The molecule has 3 N–H and O–H groups in total. The van der Waals surface area contributed by atoms with Gasteiger partial charge in [0.2, 0.25) is 0 Å². The number of piperidine rings is 1. The minimum atomic E-state index is -0.870. The summed E-state index contributed by atoms with van der Waals surface area (Å²) < 4.78 is 26.8. The highest BCUT2D eigenvalue weighted by atomic mass is 19.1. The lowest BCUT2D eigenvalue weighted by molar-refractivity contribution is 0.0954. The van der Waals surface area contributed by atoms with Crippen molar-refractivity contribution in [2.24, 2.45) is 0 Å². The number of rotatable bonds is 6. The van der Waals surface area contributed by atoms with E-state index < -0.39 is 17.7 Å². The Kier molecular flexibility index (Phi) is 7.21. The molecular weight excluding hydrogens is 390 g/mol. The van der Waals surface area contributed by atoms with Crippen LogP contribution in [0, 0.1) is 11.6 Å². The minimum Gasteiger partial charge on any atom is -0.371 e. The number of nitrogens with one attached hydrogen (secondary N) is 3. The molecule has 8 heteroatoms. The van der Waals surface area contributed by atoms with Gasteiger partial charge in [-0.15, -0.1) is 0 Å². The van der Waals surface area contributed by atoms with Crippen molar-refractivity contribution in [3.05, 3.63) is 53.6 Å². The Morgan fingerprint density at radius 3 is 2.47 bits per heavy atom. The third kappa shape index (κ3) is 5.46. The van der Waals surface area contributed by atoms with Crippen LogP contribution < -0.4 is 20.9 Å². The molecular formula is C22H26F2N4O2. The Labute approximate surface area is 174 Å². The lowest BCUT2D eigenvalue weighted by atomic mass is 10.1. The average molecular weight is 416 g/mol. The largest absolute Gasteiger partial charge is 0.371 e. The zero-order valence-electron chi connectivity index (χ0n) is 16.9. The van der Waals surface area contributed by atoms with Crippen LogP contribution in [0.15, 0.2) is 36.4 Å². The molecule has 2 aromatic carbocycles. The van der Waals surface area contributed by atoms with E-state index in [-0.39, 0.29) is 11.6 Å². The number of amides is 3. The fourth-order valence-corrected chi connectivity index (χ4v) is 3.42. The van der Waals surface area contributed by atoms with E-state index in [4.69, 9.17) is 0 Å². The first-order valence-electron chi connectivity index (χ1n) is 10.2. The second-order valence-corrected chi connectivity index (χ2v) is 7.24. The van der Waals surface area contributed by atoms with Crippen LogP contribution in [0.3, 0.4) is 0 Å². The molecule has 0 radical (unpaired) electrons. The number of hydrogen-bond donors (Lipinski definition) is 3. The van der Waals surface area contributed by atoms with Gasteiger partial charge in [-0.25, -0.2) is 13.6 Å². The Bertz CT molecular complexity index is 914. The van der Waals surface area contributed by atoms with Crippen molar-refractivity contribution in [3.8, 4) is 0 Å². The van der Waals surface area contributed by atoms with Crippen molar-refractivity contribution in [2.75, 3.05) is 35.2 Å². The third-order valence-electron chi connectivity index (χ3n) is 4.91. The maximum atomic E-state index is 13.8. The molecule has 0 aromatic heterocycles. The number of anilines is 3. The van der Waals surface area contributed by atoms with Crippen molar-refractivity contribution in [1.29, 1.82) is 0 Å². The van der Waals surface area contributed by atoms with Crippen LogP contribution in [0.25, 0.3) is 0 Å². The number of carbonyl (C=O) groups excluding carboxylic acids is 2. The molecule has 0 unspecified atom stereocenters. The highest BCUT2D eigenvalue weighted by molar-refractivity contribution is 6.04. The molecule has 30 heavy (non-hydrogen) atoms. The second-order valence-electron chi connectivity index (χ2n) is 7.24. The number of benzene rings is 2. The lowest BCUT2D eigenvalue weighted by Crippen LogP contribution is -2.33. The molecule has 3 rings (SSSR count). The maximum absolute atomic E-state index is 13.8. The van der Waals surface area contributed by atoms with E-state index in [1.54, 1.807) is 12.1 Å². The van der Waals surface area contributed by atoms with Crippen molar-refractivity contribution >= 4 is 29.0 Å². The molecule has 0 aliphatic carbocycles. The van der Waals surface area contributed by atoms with E-state index in [9.17, 15) is 18.4 Å². The van der Waals surface area contributed by atoms with Crippen molar-refractivity contribution in [1.82, 2.24) is 5.32 Å². The fourth-order valence-electron chi connectivity index (χ4n) is 3.42. The average Bonchev–Trinajstić information content (AvgIpc) is 2.74. The van der Waals surface area contributed by atoms with Gasteiger partial charge in [0.15, 0.2) is 0 Å². The van der Waals surface area contributed by atoms with Crippen LogP contribution in [0.1, 0.15) is 43.0 Å². The highest BCUT2D eigenvalue weighted by Crippen LogP contribution is 2.27. The van der Waals surface area contributed by atoms with Gasteiger partial charge in [-0.05, 0) is 56.0 Å². The van der Waals surface area contributed by atoms with Crippen LogP contribution in [-0.2, 0) is 0 Å². The van der Waals surface area contributed by atoms with Crippen molar-refractivity contribution in [2.45, 2.75) is 32.6 Å². The summed E-state index contributed by atoms with van der Waals surface area (Å²) in [5, 5.41) is 7.83. The van der Waals surface area contributed by atoms with E-state index >= 15 is 0 Å². The predicted molar refractivity (Wildman–Crippen MR) is 114 cm³/mol.